The Morgan fingerprint density at radius 1 is 1.31 bits per heavy atom. The van der Waals surface area contributed by atoms with E-state index in [-0.39, 0.29) is 17.5 Å². The smallest absolute Gasteiger partial charge is 0.394 e. The van der Waals surface area contributed by atoms with E-state index in [2.05, 4.69) is 5.32 Å². The number of hydrogen-bond acceptors (Lipinski definition) is 3. The maximum absolute atomic E-state index is 13.4. The number of amides is 2. The molecule has 1 aliphatic heterocycles. The molecular formula is C16H18F4N2O4. The molecule has 0 aliphatic carbocycles. The van der Waals surface area contributed by atoms with Gasteiger partial charge >= 0.3 is 18.2 Å². The zero-order valence-electron chi connectivity index (χ0n) is 14.0. The fourth-order valence-electron chi connectivity index (χ4n) is 2.70. The number of nitrogens with zero attached hydrogens (tertiary/aromatic N) is 1. The Bertz CT molecular complexity index is 693. The topological polar surface area (TPSA) is 78.9 Å². The Labute approximate surface area is 146 Å². The number of benzene rings is 1. The molecule has 1 aliphatic rings. The number of aliphatic carboxylic acids is 1. The lowest BCUT2D eigenvalue weighted by molar-refractivity contribution is -0.187. The van der Waals surface area contributed by atoms with Crippen molar-refractivity contribution in [1.82, 2.24) is 4.90 Å². The Hall–Kier alpha value is -2.52. The maximum atomic E-state index is 13.4. The molecule has 0 saturated carbocycles. The Balaban J connectivity index is 2.17. The molecule has 10 heteroatoms. The van der Waals surface area contributed by atoms with E-state index in [0.717, 1.165) is 17.0 Å². The first-order chi connectivity index (χ1) is 12.0. The van der Waals surface area contributed by atoms with Gasteiger partial charge in [0.25, 0.3) is 0 Å². The molecule has 6 nitrogen and oxygen atoms in total. The second-order valence-electron chi connectivity index (χ2n) is 6.24. The molecule has 2 rings (SSSR count). The third-order valence-corrected chi connectivity index (χ3v) is 3.89. The van der Waals surface area contributed by atoms with Crippen molar-refractivity contribution in [1.29, 1.82) is 0 Å². The summed E-state index contributed by atoms with van der Waals surface area (Å²) < 4.78 is 57.8. The number of rotatable bonds is 4. The van der Waals surface area contributed by atoms with Crippen LogP contribution in [0.4, 0.5) is 28.0 Å². The number of halogens is 4. The Morgan fingerprint density at radius 3 is 2.46 bits per heavy atom. The van der Waals surface area contributed by atoms with Gasteiger partial charge in [0, 0.05) is 19.2 Å². The van der Waals surface area contributed by atoms with Gasteiger partial charge in [-0.2, -0.15) is 13.2 Å². The van der Waals surface area contributed by atoms with Crippen LogP contribution in [0, 0.1) is 17.7 Å². The highest BCUT2D eigenvalue weighted by Crippen LogP contribution is 2.38. The highest BCUT2D eigenvalue weighted by atomic mass is 19.4. The van der Waals surface area contributed by atoms with Crippen LogP contribution in [-0.2, 0) is 4.79 Å². The Morgan fingerprint density at radius 2 is 1.96 bits per heavy atom. The largest absolute Gasteiger partial charge is 0.489 e. The summed E-state index contributed by atoms with van der Waals surface area (Å²) >= 11 is 0. The summed E-state index contributed by atoms with van der Waals surface area (Å²) in [6.07, 6.45) is -5.06. The third-order valence-electron chi connectivity index (χ3n) is 3.89. The van der Waals surface area contributed by atoms with Gasteiger partial charge in [0.15, 0.2) is 0 Å². The lowest BCUT2D eigenvalue weighted by Crippen LogP contribution is -2.35. The fourth-order valence-corrected chi connectivity index (χ4v) is 2.70. The highest BCUT2D eigenvalue weighted by molar-refractivity contribution is 5.91. The number of likely N-dealkylation sites (tertiary alicyclic amines) is 1. The molecule has 0 aromatic heterocycles. The first-order valence-electron chi connectivity index (χ1n) is 7.80. The van der Waals surface area contributed by atoms with Gasteiger partial charge in [0.1, 0.15) is 11.6 Å². The molecule has 0 bridgehead atoms. The minimum absolute atomic E-state index is 0.0229. The molecule has 0 spiro atoms. The summed E-state index contributed by atoms with van der Waals surface area (Å²) in [5, 5.41) is 11.3. The summed E-state index contributed by atoms with van der Waals surface area (Å²) in [6.45, 7) is 2.02. The number of ether oxygens (including phenoxy) is 1. The second kappa shape index (κ2) is 7.38. The molecule has 1 heterocycles. The zero-order valence-corrected chi connectivity index (χ0v) is 14.0. The van der Waals surface area contributed by atoms with E-state index in [4.69, 9.17) is 9.84 Å². The summed E-state index contributed by atoms with van der Waals surface area (Å²) in [6, 6.07) is 2.41. The predicted octanol–water partition coefficient (Wildman–Crippen LogP) is 3.34. The third kappa shape index (κ3) is 4.55. The number of hydrogen-bond donors (Lipinski definition) is 2. The Kier molecular flexibility index (Phi) is 5.62. The van der Waals surface area contributed by atoms with Crippen molar-refractivity contribution < 1.29 is 37.0 Å². The number of nitrogens with one attached hydrogen (secondary N) is 1. The molecule has 1 aromatic rings. The zero-order chi connectivity index (χ0) is 19.6. The molecule has 2 atom stereocenters. The second-order valence-corrected chi connectivity index (χ2v) is 6.24. The maximum Gasteiger partial charge on any atom is 0.394 e. The van der Waals surface area contributed by atoms with E-state index in [1.165, 1.54) is 6.07 Å². The summed E-state index contributed by atoms with van der Waals surface area (Å²) in [5.74, 6) is -6.09. The lowest BCUT2D eigenvalue weighted by atomic mass is 9.96. The first kappa shape index (κ1) is 19.8. The molecule has 144 valence electrons. The van der Waals surface area contributed by atoms with Crippen molar-refractivity contribution in [2.24, 2.45) is 11.8 Å². The molecule has 1 saturated heterocycles. The van der Waals surface area contributed by atoms with Crippen molar-refractivity contribution in [2.45, 2.75) is 26.1 Å². The molecule has 0 radical (unpaired) electrons. The van der Waals surface area contributed by atoms with Gasteiger partial charge in [-0.15, -0.1) is 0 Å². The molecule has 2 N–H and O–H groups in total. The lowest BCUT2D eigenvalue weighted by Gasteiger charge is -2.20. The van der Waals surface area contributed by atoms with Gasteiger partial charge in [0.2, 0.25) is 0 Å². The quantitative estimate of drug-likeness (QED) is 0.788. The van der Waals surface area contributed by atoms with Crippen molar-refractivity contribution in [3.8, 4) is 5.75 Å². The van der Waals surface area contributed by atoms with E-state index in [1.807, 2.05) is 0 Å². The minimum atomic E-state index is -4.74. The summed E-state index contributed by atoms with van der Waals surface area (Å²) in [7, 11) is 0. The average molecular weight is 378 g/mol. The first-order valence-corrected chi connectivity index (χ1v) is 7.80. The average Bonchev–Trinajstić information content (AvgIpc) is 2.95. The van der Waals surface area contributed by atoms with Crippen molar-refractivity contribution in [3.63, 3.8) is 0 Å². The molecule has 1 aromatic carbocycles. The van der Waals surface area contributed by atoms with Crippen LogP contribution in [-0.4, -0.2) is 47.4 Å². The number of alkyl halides is 3. The molecule has 2 amide bonds. The van der Waals surface area contributed by atoms with Crippen LogP contribution in [0.25, 0.3) is 0 Å². The summed E-state index contributed by atoms with van der Waals surface area (Å²) in [4.78, 5) is 24.1. The number of carbonyl (C=O) groups is 2. The summed E-state index contributed by atoms with van der Waals surface area (Å²) in [5.41, 5.74) is 0.0763. The van der Waals surface area contributed by atoms with Gasteiger partial charge < -0.3 is 20.1 Å². The van der Waals surface area contributed by atoms with E-state index in [0.29, 0.717) is 0 Å². The SMILES string of the molecule is CC(C)Oc1cc(F)ccc1NC(=O)N1C[C@@H](C(F)(F)F)[C@H](C(=O)O)C1. The highest BCUT2D eigenvalue weighted by Gasteiger charge is 2.53. The van der Waals surface area contributed by atoms with Crippen LogP contribution < -0.4 is 10.1 Å². The molecular weight excluding hydrogens is 360 g/mol. The van der Waals surface area contributed by atoms with Gasteiger partial charge in [-0.05, 0) is 26.0 Å². The van der Waals surface area contributed by atoms with Gasteiger partial charge in [-0.1, -0.05) is 0 Å². The number of carbonyl (C=O) groups excluding carboxylic acids is 1. The molecule has 1 fully saturated rings. The molecule has 26 heavy (non-hydrogen) atoms. The molecule has 0 unspecified atom stereocenters. The number of carboxylic acid groups (broad SMARTS) is 1. The normalized spacial score (nSPS) is 20.3. The van der Waals surface area contributed by atoms with Crippen LogP contribution >= 0.6 is 0 Å². The number of anilines is 1. The van der Waals surface area contributed by atoms with Crippen molar-refractivity contribution in [2.75, 3.05) is 18.4 Å². The standard InChI is InChI=1S/C16H18F4N2O4/c1-8(2)26-13-5-9(17)3-4-12(13)21-15(25)22-6-10(14(23)24)11(7-22)16(18,19)20/h3-5,8,10-11H,6-7H2,1-2H3,(H,21,25)(H,23,24)/t10-,11-/m1/s1. The van der Waals surface area contributed by atoms with E-state index < -0.39 is 48.9 Å². The van der Waals surface area contributed by atoms with Crippen LogP contribution in [0.15, 0.2) is 18.2 Å². The van der Waals surface area contributed by atoms with Gasteiger partial charge in [-0.25, -0.2) is 9.18 Å². The minimum Gasteiger partial charge on any atom is -0.489 e. The van der Waals surface area contributed by atoms with E-state index in [1.54, 1.807) is 13.8 Å². The van der Waals surface area contributed by atoms with Crippen LogP contribution in [0.1, 0.15) is 13.8 Å². The van der Waals surface area contributed by atoms with E-state index in [9.17, 15) is 27.2 Å². The van der Waals surface area contributed by atoms with Crippen LogP contribution in [0.2, 0.25) is 0 Å². The monoisotopic (exact) mass is 378 g/mol. The van der Waals surface area contributed by atoms with Crippen LogP contribution in [0.5, 0.6) is 5.75 Å². The predicted molar refractivity (Wildman–Crippen MR) is 83.4 cm³/mol. The van der Waals surface area contributed by atoms with Crippen LogP contribution in [0.3, 0.4) is 0 Å². The van der Waals surface area contributed by atoms with Gasteiger partial charge in [0.05, 0.1) is 23.6 Å². The number of urea groups is 1. The van der Waals surface area contributed by atoms with Crippen molar-refractivity contribution in [3.05, 3.63) is 24.0 Å². The van der Waals surface area contributed by atoms with E-state index >= 15 is 0 Å². The van der Waals surface area contributed by atoms with Gasteiger partial charge in [-0.3, -0.25) is 4.79 Å². The number of carboxylic acids is 1. The fraction of sp³-hybridized carbons (Fsp3) is 0.500. The van der Waals surface area contributed by atoms with Crippen molar-refractivity contribution >= 4 is 17.7 Å².